The van der Waals surface area contributed by atoms with Crippen LogP contribution in [0.1, 0.15) is 31.7 Å². The van der Waals surface area contributed by atoms with Gasteiger partial charge in [-0.1, -0.05) is 6.07 Å². The third kappa shape index (κ3) is 4.78. The normalized spacial score (nSPS) is 17.9. The van der Waals surface area contributed by atoms with Gasteiger partial charge in [0.25, 0.3) is 0 Å². The Morgan fingerprint density at radius 2 is 2.12 bits per heavy atom. The molecule has 0 aliphatic carbocycles. The summed E-state index contributed by atoms with van der Waals surface area (Å²) in [4.78, 5) is 37.2. The van der Waals surface area contributed by atoms with Gasteiger partial charge in [0.2, 0.25) is 17.7 Å². The summed E-state index contributed by atoms with van der Waals surface area (Å²) in [6.07, 6.45) is 0.255. The van der Waals surface area contributed by atoms with Gasteiger partial charge in [0, 0.05) is 38.4 Å². The number of carbonyl (C=O) groups excluding carboxylic acids is 3. The lowest BCUT2D eigenvalue weighted by molar-refractivity contribution is -0.134. The second-order valence-electron chi connectivity index (χ2n) is 6.02. The predicted molar refractivity (Wildman–Crippen MR) is 87.8 cm³/mol. The van der Waals surface area contributed by atoms with Crippen molar-refractivity contribution in [3.8, 4) is 0 Å². The number of aryl methyl sites for hydroxylation is 1. The Morgan fingerprint density at radius 3 is 2.88 bits per heavy atom. The molecule has 7 heteroatoms. The van der Waals surface area contributed by atoms with Crippen LogP contribution in [0.25, 0.3) is 0 Å². The molecular weight excluding hydrogens is 313 g/mol. The van der Waals surface area contributed by atoms with Gasteiger partial charge in [-0.3, -0.25) is 14.4 Å². The summed E-state index contributed by atoms with van der Waals surface area (Å²) in [5.74, 6) is -1.18. The minimum atomic E-state index is -0.508. The van der Waals surface area contributed by atoms with Gasteiger partial charge in [0.15, 0.2) is 0 Å². The number of hydrogen-bond donors (Lipinski definition) is 2. The first kappa shape index (κ1) is 17.9. The highest BCUT2D eigenvalue weighted by Crippen LogP contribution is 2.16. The first-order chi connectivity index (χ1) is 11.4. The first-order valence-electron chi connectivity index (χ1n) is 7.99. The maximum absolute atomic E-state index is 13.6. The van der Waals surface area contributed by atoms with Gasteiger partial charge < -0.3 is 15.5 Å². The molecule has 1 heterocycles. The number of nitrogens with one attached hydrogen (secondary N) is 2. The standard InChI is InChI=1S/C17H22FN3O3/c1-11-3-4-13(18)14(9-11)20-16(23)5-6-17(24)21-8-7-15(22)19-10-12(21)2/h3-4,9,12H,5-8,10H2,1-2H3,(H,19,22)(H,20,23)/t12-/m0/s1. The van der Waals surface area contributed by atoms with E-state index in [1.165, 1.54) is 6.07 Å². The third-order valence-electron chi connectivity index (χ3n) is 3.99. The molecule has 0 spiro atoms. The zero-order chi connectivity index (χ0) is 17.7. The van der Waals surface area contributed by atoms with E-state index in [-0.39, 0.29) is 42.8 Å². The Labute approximate surface area is 140 Å². The van der Waals surface area contributed by atoms with E-state index in [4.69, 9.17) is 0 Å². The van der Waals surface area contributed by atoms with E-state index in [1.54, 1.807) is 24.0 Å². The highest BCUT2D eigenvalue weighted by atomic mass is 19.1. The summed E-state index contributed by atoms with van der Waals surface area (Å²) in [5.41, 5.74) is 0.948. The van der Waals surface area contributed by atoms with Crippen LogP contribution >= 0.6 is 0 Å². The number of benzene rings is 1. The van der Waals surface area contributed by atoms with Crippen LogP contribution in [0, 0.1) is 12.7 Å². The molecule has 1 aliphatic rings. The molecule has 1 atom stereocenters. The smallest absolute Gasteiger partial charge is 0.224 e. The number of amides is 3. The Kier molecular flexibility index (Phi) is 5.89. The van der Waals surface area contributed by atoms with E-state index >= 15 is 0 Å². The van der Waals surface area contributed by atoms with Gasteiger partial charge >= 0.3 is 0 Å². The summed E-state index contributed by atoms with van der Waals surface area (Å²) in [7, 11) is 0. The van der Waals surface area contributed by atoms with Crippen LogP contribution in [-0.4, -0.2) is 41.8 Å². The van der Waals surface area contributed by atoms with Crippen molar-refractivity contribution in [2.24, 2.45) is 0 Å². The van der Waals surface area contributed by atoms with Crippen molar-refractivity contribution in [2.45, 2.75) is 39.2 Å². The highest BCUT2D eigenvalue weighted by molar-refractivity contribution is 5.93. The molecule has 1 saturated heterocycles. The highest BCUT2D eigenvalue weighted by Gasteiger charge is 2.24. The van der Waals surface area contributed by atoms with Crippen molar-refractivity contribution in [1.82, 2.24) is 10.2 Å². The Bertz CT molecular complexity index is 648. The van der Waals surface area contributed by atoms with Crippen molar-refractivity contribution in [3.05, 3.63) is 29.6 Å². The number of rotatable bonds is 4. The molecule has 0 unspecified atom stereocenters. The zero-order valence-corrected chi connectivity index (χ0v) is 13.9. The fourth-order valence-corrected chi connectivity index (χ4v) is 2.58. The van der Waals surface area contributed by atoms with E-state index in [0.29, 0.717) is 13.1 Å². The van der Waals surface area contributed by atoms with Crippen LogP contribution in [0.3, 0.4) is 0 Å². The summed E-state index contributed by atoms with van der Waals surface area (Å²) >= 11 is 0. The fourth-order valence-electron chi connectivity index (χ4n) is 2.58. The quantitative estimate of drug-likeness (QED) is 0.877. The van der Waals surface area contributed by atoms with E-state index in [2.05, 4.69) is 10.6 Å². The predicted octanol–water partition coefficient (Wildman–Crippen LogP) is 1.59. The average Bonchev–Trinajstić information content (AvgIpc) is 2.70. The largest absolute Gasteiger partial charge is 0.354 e. The van der Waals surface area contributed by atoms with Crippen LogP contribution in [0.15, 0.2) is 18.2 Å². The molecular formula is C17H22FN3O3. The zero-order valence-electron chi connectivity index (χ0n) is 13.9. The van der Waals surface area contributed by atoms with Gasteiger partial charge in [0.05, 0.1) is 5.69 Å². The summed E-state index contributed by atoms with van der Waals surface area (Å²) in [6.45, 7) is 4.41. The molecule has 6 nitrogen and oxygen atoms in total. The molecule has 1 aliphatic heterocycles. The molecule has 130 valence electrons. The average molecular weight is 335 g/mol. The number of carbonyl (C=O) groups is 3. The number of anilines is 1. The van der Waals surface area contributed by atoms with Crippen molar-refractivity contribution < 1.29 is 18.8 Å². The molecule has 0 bridgehead atoms. The molecule has 24 heavy (non-hydrogen) atoms. The summed E-state index contributed by atoms with van der Waals surface area (Å²) in [5, 5.41) is 5.22. The Morgan fingerprint density at radius 1 is 1.38 bits per heavy atom. The van der Waals surface area contributed by atoms with Crippen LogP contribution < -0.4 is 10.6 Å². The van der Waals surface area contributed by atoms with E-state index in [1.807, 2.05) is 6.92 Å². The molecule has 1 fully saturated rings. The van der Waals surface area contributed by atoms with E-state index in [0.717, 1.165) is 5.56 Å². The Hall–Kier alpha value is -2.44. The molecule has 2 rings (SSSR count). The van der Waals surface area contributed by atoms with Gasteiger partial charge in [-0.15, -0.1) is 0 Å². The van der Waals surface area contributed by atoms with Gasteiger partial charge in [-0.2, -0.15) is 0 Å². The Balaban J connectivity index is 1.87. The van der Waals surface area contributed by atoms with Gasteiger partial charge in [-0.05, 0) is 31.5 Å². The molecule has 1 aromatic rings. The monoisotopic (exact) mass is 335 g/mol. The van der Waals surface area contributed by atoms with Crippen molar-refractivity contribution in [2.75, 3.05) is 18.4 Å². The lowest BCUT2D eigenvalue weighted by Gasteiger charge is -2.26. The van der Waals surface area contributed by atoms with Crippen molar-refractivity contribution in [1.29, 1.82) is 0 Å². The topological polar surface area (TPSA) is 78.5 Å². The summed E-state index contributed by atoms with van der Waals surface area (Å²) in [6, 6.07) is 4.34. The third-order valence-corrected chi connectivity index (χ3v) is 3.99. The van der Waals surface area contributed by atoms with Crippen molar-refractivity contribution >= 4 is 23.4 Å². The number of nitrogens with zero attached hydrogens (tertiary/aromatic N) is 1. The van der Waals surface area contributed by atoms with Crippen LogP contribution in [0.5, 0.6) is 0 Å². The van der Waals surface area contributed by atoms with Crippen LogP contribution in [0.4, 0.5) is 10.1 Å². The second kappa shape index (κ2) is 7.90. The maximum Gasteiger partial charge on any atom is 0.224 e. The molecule has 3 amide bonds. The lowest BCUT2D eigenvalue weighted by atomic mass is 10.2. The van der Waals surface area contributed by atoms with Gasteiger partial charge in [-0.25, -0.2) is 4.39 Å². The second-order valence-corrected chi connectivity index (χ2v) is 6.02. The number of hydrogen-bond acceptors (Lipinski definition) is 3. The SMILES string of the molecule is Cc1ccc(F)c(NC(=O)CCC(=O)N2CCC(=O)NC[C@@H]2C)c1. The van der Waals surface area contributed by atoms with E-state index in [9.17, 15) is 18.8 Å². The molecule has 2 N–H and O–H groups in total. The molecule has 1 aromatic carbocycles. The minimum Gasteiger partial charge on any atom is -0.354 e. The first-order valence-corrected chi connectivity index (χ1v) is 7.99. The lowest BCUT2D eigenvalue weighted by Crippen LogP contribution is -2.42. The van der Waals surface area contributed by atoms with Crippen LogP contribution in [0.2, 0.25) is 0 Å². The van der Waals surface area contributed by atoms with Crippen molar-refractivity contribution in [3.63, 3.8) is 0 Å². The maximum atomic E-state index is 13.6. The fraction of sp³-hybridized carbons (Fsp3) is 0.471. The molecule has 0 radical (unpaired) electrons. The number of halogens is 1. The summed E-state index contributed by atoms with van der Waals surface area (Å²) < 4.78 is 13.6. The van der Waals surface area contributed by atoms with Crippen LogP contribution in [-0.2, 0) is 14.4 Å². The molecule has 0 saturated carbocycles. The van der Waals surface area contributed by atoms with Gasteiger partial charge in [0.1, 0.15) is 5.82 Å². The molecule has 0 aromatic heterocycles. The minimum absolute atomic E-state index is 0.0256. The van der Waals surface area contributed by atoms with E-state index < -0.39 is 11.7 Å².